The second-order valence-electron chi connectivity index (χ2n) is 10.7. The maximum Gasteiger partial charge on any atom is 0.209 e. The second-order valence-corrected chi connectivity index (χ2v) is 10.7. The number of unbranched alkanes of at least 4 members (excludes halogenated alkanes) is 3. The van der Waals surface area contributed by atoms with Crippen LogP contribution in [-0.2, 0) is 15.6 Å². The molecular weight excluding hydrogens is 428 g/mol. The zero-order valence-corrected chi connectivity index (χ0v) is 21.9. The summed E-state index contributed by atoms with van der Waals surface area (Å²) in [5.41, 5.74) is 7.94. The third-order valence-corrected chi connectivity index (χ3v) is 7.67. The lowest BCUT2D eigenvalue weighted by Gasteiger charge is -2.27. The molecule has 0 atom stereocenters. The monoisotopic (exact) mass is 467 g/mol. The van der Waals surface area contributed by atoms with Gasteiger partial charge in [0.1, 0.15) is 13.3 Å². The van der Waals surface area contributed by atoms with Gasteiger partial charge in [-0.25, -0.2) is 0 Å². The summed E-state index contributed by atoms with van der Waals surface area (Å²) >= 11 is 0. The summed E-state index contributed by atoms with van der Waals surface area (Å²) in [7, 11) is 2.16. The molecule has 0 saturated carbocycles. The predicted molar refractivity (Wildman–Crippen MR) is 148 cm³/mol. The van der Waals surface area contributed by atoms with E-state index >= 15 is 0 Å². The predicted octanol–water partition coefficient (Wildman–Crippen LogP) is 7.25. The van der Waals surface area contributed by atoms with E-state index in [-0.39, 0.29) is 10.8 Å². The molecule has 3 heteroatoms. The normalized spacial score (nSPS) is 19.2. The molecule has 2 aromatic rings. The van der Waals surface area contributed by atoms with Gasteiger partial charge >= 0.3 is 0 Å². The molecule has 0 unspecified atom stereocenters. The zero-order valence-electron chi connectivity index (χ0n) is 21.9. The number of rotatable bonds is 9. The highest BCUT2D eigenvalue weighted by Gasteiger charge is 2.42. The Hall–Kier alpha value is -3.20. The van der Waals surface area contributed by atoms with Gasteiger partial charge in [0.15, 0.2) is 5.71 Å². The van der Waals surface area contributed by atoms with Crippen molar-refractivity contribution in [3.05, 3.63) is 95.7 Å². The third-order valence-electron chi connectivity index (χ3n) is 7.67. The van der Waals surface area contributed by atoms with Gasteiger partial charge in [0.2, 0.25) is 5.69 Å². The van der Waals surface area contributed by atoms with Crippen LogP contribution in [0.2, 0.25) is 0 Å². The molecule has 0 aromatic heterocycles. The minimum absolute atomic E-state index is 0.0100. The summed E-state index contributed by atoms with van der Waals surface area (Å²) in [4.78, 5) is 13.1. The summed E-state index contributed by atoms with van der Waals surface area (Å²) in [6, 6.07) is 17.4. The Kier molecular flexibility index (Phi) is 7.25. The van der Waals surface area contributed by atoms with Crippen LogP contribution in [0.15, 0.2) is 84.6 Å². The average molecular weight is 468 g/mol. The van der Waals surface area contributed by atoms with Crippen LogP contribution < -0.4 is 4.90 Å². The third kappa shape index (κ3) is 4.69. The first-order chi connectivity index (χ1) is 16.8. The highest BCUT2D eigenvalue weighted by atomic mass is 16.1. The van der Waals surface area contributed by atoms with Gasteiger partial charge in [0, 0.05) is 47.5 Å². The van der Waals surface area contributed by atoms with Gasteiger partial charge in [0.25, 0.3) is 0 Å². The SMILES string of the molecule is C[N+]1=C(/C=C/C=C/C=C2/N(CCCCCC=O)c3ccccc3C2(C)C)C(C)(C)c2ccccc21. The number of hydrogen-bond acceptors (Lipinski definition) is 2. The van der Waals surface area contributed by atoms with Crippen LogP contribution in [0.1, 0.15) is 64.5 Å². The lowest BCUT2D eigenvalue weighted by Crippen LogP contribution is -2.27. The van der Waals surface area contributed by atoms with Crippen LogP contribution in [0.4, 0.5) is 11.4 Å². The molecule has 0 fully saturated rings. The Morgan fingerprint density at radius 2 is 1.54 bits per heavy atom. The number of allylic oxidation sites excluding steroid dienone is 6. The Labute approximate surface area is 211 Å². The topological polar surface area (TPSA) is 23.3 Å². The lowest BCUT2D eigenvalue weighted by atomic mass is 9.81. The number of fused-ring (bicyclic) bond motifs is 2. The molecule has 4 rings (SSSR count). The van der Waals surface area contributed by atoms with Crippen LogP contribution in [0.25, 0.3) is 0 Å². The molecule has 2 aliphatic heterocycles. The zero-order chi connectivity index (χ0) is 25.1. The van der Waals surface area contributed by atoms with E-state index in [4.69, 9.17) is 0 Å². The summed E-state index contributed by atoms with van der Waals surface area (Å²) in [6.45, 7) is 10.2. The quantitative estimate of drug-likeness (QED) is 0.168. The van der Waals surface area contributed by atoms with E-state index in [0.29, 0.717) is 6.42 Å². The standard InChI is InChI=1S/C32H39N2O/c1-31(2)25-17-11-13-19-27(25)33(5)29(31)21-9-8-10-22-30-32(3,4)26-18-12-14-20-28(26)34(30)23-15-6-7-16-24-35/h8-14,17-22,24H,6-7,15-16,23H2,1-5H3/q+1. The molecule has 0 spiro atoms. The Morgan fingerprint density at radius 1 is 0.829 bits per heavy atom. The maximum absolute atomic E-state index is 10.7. The van der Waals surface area contributed by atoms with Gasteiger partial charge < -0.3 is 9.69 Å². The fraction of sp³-hybridized carbons (Fsp3) is 0.375. The van der Waals surface area contributed by atoms with Gasteiger partial charge in [-0.05, 0) is 44.4 Å². The van der Waals surface area contributed by atoms with E-state index < -0.39 is 0 Å². The molecule has 35 heavy (non-hydrogen) atoms. The van der Waals surface area contributed by atoms with Gasteiger partial charge in [-0.3, -0.25) is 0 Å². The number of nitrogens with zero attached hydrogens (tertiary/aromatic N) is 2. The number of carbonyl (C=O) groups is 1. The number of hydrogen-bond donors (Lipinski definition) is 0. The van der Waals surface area contributed by atoms with E-state index in [1.165, 1.54) is 33.9 Å². The molecule has 0 radical (unpaired) electrons. The lowest BCUT2D eigenvalue weighted by molar-refractivity contribution is -0.401. The summed E-state index contributed by atoms with van der Waals surface area (Å²) in [6.07, 6.45) is 15.8. The van der Waals surface area contributed by atoms with E-state index in [0.717, 1.165) is 32.1 Å². The fourth-order valence-corrected chi connectivity index (χ4v) is 5.72. The molecule has 0 aliphatic carbocycles. The van der Waals surface area contributed by atoms with Crippen LogP contribution in [0.3, 0.4) is 0 Å². The largest absolute Gasteiger partial charge is 0.344 e. The van der Waals surface area contributed by atoms with E-state index in [1.54, 1.807) is 0 Å². The number of para-hydroxylation sites is 2. The number of anilines is 1. The van der Waals surface area contributed by atoms with Gasteiger partial charge in [-0.1, -0.05) is 74.9 Å². The Balaban J connectivity index is 1.53. The molecule has 0 amide bonds. The van der Waals surface area contributed by atoms with Crippen LogP contribution in [0, 0.1) is 0 Å². The minimum atomic E-state index is -0.0441. The molecule has 0 bridgehead atoms. The van der Waals surface area contributed by atoms with Crippen LogP contribution in [0.5, 0.6) is 0 Å². The van der Waals surface area contributed by atoms with Crippen molar-refractivity contribution < 1.29 is 9.37 Å². The van der Waals surface area contributed by atoms with E-state index in [1.807, 2.05) is 0 Å². The first kappa shape index (κ1) is 24.9. The molecule has 182 valence electrons. The van der Waals surface area contributed by atoms with Crippen LogP contribution in [-0.4, -0.2) is 30.2 Å². The Bertz CT molecular complexity index is 1210. The van der Waals surface area contributed by atoms with Crippen molar-refractivity contribution in [1.82, 2.24) is 0 Å². The summed E-state index contributed by atoms with van der Waals surface area (Å²) in [5, 5.41) is 0. The van der Waals surface area contributed by atoms with Crippen molar-refractivity contribution in [2.75, 3.05) is 18.5 Å². The minimum Gasteiger partial charge on any atom is -0.344 e. The molecule has 0 saturated heterocycles. The van der Waals surface area contributed by atoms with Crippen molar-refractivity contribution in [1.29, 1.82) is 0 Å². The molecule has 2 heterocycles. The summed E-state index contributed by atoms with van der Waals surface area (Å²) in [5.74, 6) is 0. The van der Waals surface area contributed by atoms with Crippen molar-refractivity contribution in [3.8, 4) is 0 Å². The molecule has 0 N–H and O–H groups in total. The Morgan fingerprint density at radius 3 is 2.29 bits per heavy atom. The first-order valence-electron chi connectivity index (χ1n) is 12.9. The van der Waals surface area contributed by atoms with Crippen molar-refractivity contribution in [2.24, 2.45) is 0 Å². The average Bonchev–Trinajstić information content (AvgIpc) is 3.18. The van der Waals surface area contributed by atoms with Crippen LogP contribution >= 0.6 is 0 Å². The molecular formula is C32H39N2O+. The fourth-order valence-electron chi connectivity index (χ4n) is 5.72. The maximum atomic E-state index is 10.7. The number of benzene rings is 2. The molecule has 2 aliphatic rings. The highest BCUT2D eigenvalue weighted by Crippen LogP contribution is 2.47. The summed E-state index contributed by atoms with van der Waals surface area (Å²) < 4.78 is 2.31. The van der Waals surface area contributed by atoms with Crippen molar-refractivity contribution >= 4 is 23.4 Å². The highest BCUT2D eigenvalue weighted by molar-refractivity contribution is 6.03. The van der Waals surface area contributed by atoms with E-state index in [9.17, 15) is 4.79 Å². The molecule has 2 aromatic carbocycles. The number of aldehydes is 1. The van der Waals surface area contributed by atoms with Gasteiger partial charge in [-0.2, -0.15) is 4.58 Å². The van der Waals surface area contributed by atoms with Gasteiger partial charge in [0.05, 0.1) is 5.41 Å². The second kappa shape index (κ2) is 10.2. The smallest absolute Gasteiger partial charge is 0.209 e. The number of carbonyl (C=O) groups excluding carboxylic acids is 1. The van der Waals surface area contributed by atoms with Crippen molar-refractivity contribution in [2.45, 2.75) is 64.2 Å². The first-order valence-corrected chi connectivity index (χ1v) is 12.9. The molecule has 3 nitrogen and oxygen atoms in total. The van der Waals surface area contributed by atoms with Gasteiger partial charge in [-0.15, -0.1) is 0 Å². The van der Waals surface area contributed by atoms with E-state index in [2.05, 4.69) is 123 Å². The van der Waals surface area contributed by atoms with Crippen molar-refractivity contribution in [3.63, 3.8) is 0 Å².